The Kier molecular flexibility index (Phi) is 6.76. The zero-order valence-corrected chi connectivity index (χ0v) is 17.1. The average Bonchev–Trinajstić information content (AvgIpc) is 3.09. The molecule has 0 saturated carbocycles. The number of benzene rings is 2. The van der Waals surface area contributed by atoms with Crippen molar-refractivity contribution in [2.24, 2.45) is 0 Å². The molecule has 0 spiro atoms. The number of fused-ring (bicyclic) bond motifs is 1. The van der Waals surface area contributed by atoms with Gasteiger partial charge in [-0.2, -0.15) is 0 Å². The van der Waals surface area contributed by atoms with Gasteiger partial charge in [0.15, 0.2) is 16.6 Å². The molecule has 3 rings (SSSR count). The van der Waals surface area contributed by atoms with Crippen LogP contribution in [0.25, 0.3) is 11.1 Å². The number of carbonyl (C=O) groups is 1. The number of rotatable bonds is 7. The van der Waals surface area contributed by atoms with Crippen molar-refractivity contribution in [2.75, 3.05) is 5.32 Å². The maximum atomic E-state index is 11.7. The van der Waals surface area contributed by atoms with Crippen LogP contribution in [0.15, 0.2) is 46.9 Å². The lowest BCUT2D eigenvalue weighted by Gasteiger charge is -2.09. The van der Waals surface area contributed by atoms with E-state index < -0.39 is 0 Å². The molecule has 1 amide bonds. The molecule has 2 aromatic carbocycles. The number of anilines is 1. The molecule has 0 saturated heterocycles. The molecule has 1 heterocycles. The molecular weight excluding hydrogens is 370 g/mol. The van der Waals surface area contributed by atoms with E-state index in [1.54, 1.807) is 0 Å². The highest BCUT2D eigenvalue weighted by Gasteiger charge is 2.08. The Morgan fingerprint density at radius 1 is 1.11 bits per heavy atom. The minimum absolute atomic E-state index is 0.0573. The number of hydrogen-bond acceptors (Lipinski definition) is 4. The van der Waals surface area contributed by atoms with Gasteiger partial charge in [0.25, 0.3) is 0 Å². The molecule has 0 aliphatic rings. The van der Waals surface area contributed by atoms with E-state index in [-0.39, 0.29) is 5.91 Å². The SMILES string of the molecule is CCCCC(=O)NC(=S)Nc1ccc(Cc2nc3cc(CC)ccc3o2)cc1. The molecule has 0 unspecified atom stereocenters. The van der Waals surface area contributed by atoms with E-state index in [0.717, 1.165) is 41.6 Å². The van der Waals surface area contributed by atoms with Gasteiger partial charge in [-0.25, -0.2) is 4.98 Å². The van der Waals surface area contributed by atoms with Crippen molar-refractivity contribution >= 4 is 40.0 Å². The van der Waals surface area contributed by atoms with Gasteiger partial charge in [-0.15, -0.1) is 0 Å². The summed E-state index contributed by atoms with van der Waals surface area (Å²) in [5, 5.41) is 6.05. The van der Waals surface area contributed by atoms with Gasteiger partial charge < -0.3 is 15.1 Å². The van der Waals surface area contributed by atoms with E-state index in [1.807, 2.05) is 30.3 Å². The molecule has 0 aliphatic heterocycles. The fourth-order valence-corrected chi connectivity index (χ4v) is 3.12. The van der Waals surface area contributed by atoms with E-state index in [9.17, 15) is 4.79 Å². The molecule has 5 nitrogen and oxygen atoms in total. The zero-order chi connectivity index (χ0) is 19.9. The van der Waals surface area contributed by atoms with Gasteiger partial charge in [-0.1, -0.05) is 38.5 Å². The van der Waals surface area contributed by atoms with E-state index in [1.165, 1.54) is 5.56 Å². The molecule has 2 N–H and O–H groups in total. The monoisotopic (exact) mass is 395 g/mol. The standard InChI is InChI=1S/C22H25N3O2S/c1-3-5-6-20(26)25-22(28)23-17-10-7-16(8-11-17)14-21-24-18-13-15(4-2)9-12-19(18)27-21/h7-13H,3-6,14H2,1-2H3,(H2,23,25,26,28). The predicted octanol–water partition coefficient (Wildman–Crippen LogP) is 4.98. The first-order valence-electron chi connectivity index (χ1n) is 9.65. The van der Waals surface area contributed by atoms with Crippen LogP contribution in [0.1, 0.15) is 50.1 Å². The van der Waals surface area contributed by atoms with Gasteiger partial charge in [-0.05, 0) is 60.5 Å². The second-order valence-corrected chi connectivity index (χ2v) is 7.15. The van der Waals surface area contributed by atoms with Crippen LogP contribution in [-0.4, -0.2) is 16.0 Å². The number of oxazole rings is 1. The number of thiocarbonyl (C=S) groups is 1. The molecule has 0 aliphatic carbocycles. The third kappa shape index (κ3) is 5.39. The van der Waals surface area contributed by atoms with Crippen LogP contribution in [0.3, 0.4) is 0 Å². The van der Waals surface area contributed by atoms with Gasteiger partial charge >= 0.3 is 0 Å². The minimum Gasteiger partial charge on any atom is -0.440 e. The number of nitrogens with zero attached hydrogens (tertiary/aromatic N) is 1. The molecule has 0 atom stereocenters. The molecule has 146 valence electrons. The van der Waals surface area contributed by atoms with Gasteiger partial charge in [0, 0.05) is 18.5 Å². The largest absolute Gasteiger partial charge is 0.440 e. The van der Waals surface area contributed by atoms with E-state index >= 15 is 0 Å². The molecule has 0 fully saturated rings. The van der Waals surface area contributed by atoms with Crippen LogP contribution in [0, 0.1) is 0 Å². The molecule has 0 radical (unpaired) electrons. The quantitative estimate of drug-likeness (QED) is 0.552. The van der Waals surface area contributed by atoms with Crippen molar-refractivity contribution in [1.82, 2.24) is 10.3 Å². The topological polar surface area (TPSA) is 67.2 Å². The molecule has 0 bridgehead atoms. The van der Waals surface area contributed by atoms with Crippen LogP contribution in [0.4, 0.5) is 5.69 Å². The summed E-state index contributed by atoms with van der Waals surface area (Å²) in [6.07, 6.45) is 3.93. The Morgan fingerprint density at radius 3 is 2.57 bits per heavy atom. The summed E-state index contributed by atoms with van der Waals surface area (Å²) in [7, 11) is 0. The molecule has 1 aromatic heterocycles. The van der Waals surface area contributed by atoms with Crippen LogP contribution < -0.4 is 10.6 Å². The maximum absolute atomic E-state index is 11.7. The summed E-state index contributed by atoms with van der Waals surface area (Å²) in [5.74, 6) is 0.640. The molecule has 28 heavy (non-hydrogen) atoms. The van der Waals surface area contributed by atoms with Crippen molar-refractivity contribution in [2.45, 2.75) is 46.0 Å². The number of nitrogens with one attached hydrogen (secondary N) is 2. The lowest BCUT2D eigenvalue weighted by molar-refractivity contribution is -0.119. The fraction of sp³-hybridized carbons (Fsp3) is 0.318. The summed E-state index contributed by atoms with van der Waals surface area (Å²) in [6, 6.07) is 14.0. The van der Waals surface area contributed by atoms with E-state index in [4.69, 9.17) is 16.6 Å². The molecular formula is C22H25N3O2S. The van der Waals surface area contributed by atoms with Gasteiger partial charge in [-0.3, -0.25) is 4.79 Å². The smallest absolute Gasteiger partial charge is 0.226 e. The van der Waals surface area contributed by atoms with Crippen LogP contribution in [-0.2, 0) is 17.6 Å². The Bertz CT molecular complexity index is 964. The summed E-state index contributed by atoms with van der Waals surface area (Å²) < 4.78 is 5.85. The number of aromatic nitrogens is 1. The average molecular weight is 396 g/mol. The first-order chi connectivity index (χ1) is 13.6. The second-order valence-electron chi connectivity index (χ2n) is 6.74. The number of aryl methyl sites for hydroxylation is 1. The normalized spacial score (nSPS) is 10.8. The summed E-state index contributed by atoms with van der Waals surface area (Å²) in [6.45, 7) is 4.18. The Labute approximate surface area is 170 Å². The van der Waals surface area contributed by atoms with E-state index in [2.05, 4.69) is 41.6 Å². The lowest BCUT2D eigenvalue weighted by Crippen LogP contribution is -2.33. The van der Waals surface area contributed by atoms with Gasteiger partial charge in [0.05, 0.1) is 0 Å². The number of carbonyl (C=O) groups excluding carboxylic acids is 1. The minimum atomic E-state index is -0.0573. The highest BCUT2D eigenvalue weighted by atomic mass is 32.1. The third-order valence-electron chi connectivity index (χ3n) is 4.48. The second kappa shape index (κ2) is 9.46. The highest BCUT2D eigenvalue weighted by Crippen LogP contribution is 2.20. The highest BCUT2D eigenvalue weighted by molar-refractivity contribution is 7.80. The Hall–Kier alpha value is -2.73. The number of amides is 1. The third-order valence-corrected chi connectivity index (χ3v) is 4.69. The van der Waals surface area contributed by atoms with Gasteiger partial charge in [0.1, 0.15) is 5.52 Å². The van der Waals surface area contributed by atoms with Crippen molar-refractivity contribution in [1.29, 1.82) is 0 Å². The summed E-state index contributed by atoms with van der Waals surface area (Å²) in [4.78, 5) is 16.3. The first-order valence-corrected chi connectivity index (χ1v) is 10.1. The summed E-state index contributed by atoms with van der Waals surface area (Å²) >= 11 is 5.19. The first kappa shape index (κ1) is 20.0. The predicted molar refractivity (Wildman–Crippen MR) is 117 cm³/mol. The van der Waals surface area contributed by atoms with Crippen molar-refractivity contribution in [3.63, 3.8) is 0 Å². The number of hydrogen-bond donors (Lipinski definition) is 2. The van der Waals surface area contributed by atoms with Gasteiger partial charge in [0.2, 0.25) is 5.91 Å². The maximum Gasteiger partial charge on any atom is 0.226 e. The molecule has 3 aromatic rings. The van der Waals surface area contributed by atoms with Crippen LogP contribution >= 0.6 is 12.2 Å². The Balaban J connectivity index is 1.58. The zero-order valence-electron chi connectivity index (χ0n) is 16.2. The van der Waals surface area contributed by atoms with E-state index in [0.29, 0.717) is 23.8 Å². The van der Waals surface area contributed by atoms with Crippen LogP contribution in [0.2, 0.25) is 0 Å². The fourth-order valence-electron chi connectivity index (χ4n) is 2.89. The Morgan fingerprint density at radius 2 is 1.86 bits per heavy atom. The molecule has 6 heteroatoms. The lowest BCUT2D eigenvalue weighted by atomic mass is 10.1. The van der Waals surface area contributed by atoms with Crippen molar-refractivity contribution in [3.8, 4) is 0 Å². The van der Waals surface area contributed by atoms with Crippen molar-refractivity contribution in [3.05, 3.63) is 59.5 Å². The van der Waals surface area contributed by atoms with Crippen molar-refractivity contribution < 1.29 is 9.21 Å². The summed E-state index contributed by atoms with van der Waals surface area (Å²) in [5.41, 5.74) is 4.88. The van der Waals surface area contributed by atoms with Crippen LogP contribution in [0.5, 0.6) is 0 Å². The number of unbranched alkanes of at least 4 members (excludes halogenated alkanes) is 1.